The quantitative estimate of drug-likeness (QED) is 0.888. The number of aliphatic carboxylic acids is 1. The Hall–Kier alpha value is -1.84. The molecule has 1 heterocycles. The molecule has 1 aromatic rings. The fourth-order valence-electron chi connectivity index (χ4n) is 2.87. The number of carbonyl (C=O) groups excluding carboxylic acids is 1. The van der Waals surface area contributed by atoms with Crippen LogP contribution in [0.4, 0.5) is 5.69 Å². The minimum atomic E-state index is -0.804. The summed E-state index contributed by atoms with van der Waals surface area (Å²) in [6.07, 6.45) is 0.841. The lowest BCUT2D eigenvalue weighted by Crippen LogP contribution is -2.39. The molecule has 1 amide bonds. The molecule has 0 aliphatic carbocycles. The van der Waals surface area contributed by atoms with Crippen molar-refractivity contribution in [2.24, 2.45) is 5.92 Å². The second-order valence-electron chi connectivity index (χ2n) is 5.38. The van der Waals surface area contributed by atoms with Gasteiger partial charge in [0, 0.05) is 19.2 Å². The molecule has 1 aliphatic heterocycles. The van der Waals surface area contributed by atoms with Gasteiger partial charge < -0.3 is 10.0 Å². The summed E-state index contributed by atoms with van der Waals surface area (Å²) in [5, 5.41) is 8.95. The molecule has 1 aliphatic rings. The van der Waals surface area contributed by atoms with Crippen molar-refractivity contribution in [2.75, 3.05) is 11.4 Å². The van der Waals surface area contributed by atoms with Gasteiger partial charge in [0.25, 0.3) is 0 Å². The molecule has 19 heavy (non-hydrogen) atoms. The Balaban J connectivity index is 2.43. The zero-order valence-electron chi connectivity index (χ0n) is 11.6. The third kappa shape index (κ3) is 2.78. The number of carboxylic acid groups (broad SMARTS) is 1. The van der Waals surface area contributed by atoms with Gasteiger partial charge in [-0.2, -0.15) is 0 Å². The molecule has 1 unspecified atom stereocenters. The highest BCUT2D eigenvalue weighted by atomic mass is 16.4. The molecule has 0 spiro atoms. The van der Waals surface area contributed by atoms with Crippen LogP contribution in [-0.2, 0) is 16.0 Å². The molecule has 0 saturated carbocycles. The number of rotatable bonds is 2. The molecular weight excluding hydrogens is 242 g/mol. The summed E-state index contributed by atoms with van der Waals surface area (Å²) in [6, 6.07) is 4.10. The standard InChI is InChI=1S/C15H19NO3/c1-9-4-10(2)13-6-12(7-15(18)19)8-16(11(3)17)14(13)5-9/h4-5,12H,6-8H2,1-3H3,(H,18,19). The maximum absolute atomic E-state index is 11.8. The van der Waals surface area contributed by atoms with E-state index in [1.807, 2.05) is 19.9 Å². The predicted octanol–water partition coefficient (Wildman–Crippen LogP) is 2.30. The highest BCUT2D eigenvalue weighted by Crippen LogP contribution is 2.34. The van der Waals surface area contributed by atoms with Gasteiger partial charge in [0.2, 0.25) is 5.91 Å². The van der Waals surface area contributed by atoms with Crippen LogP contribution in [0, 0.1) is 19.8 Å². The van der Waals surface area contributed by atoms with Crippen molar-refractivity contribution in [3.63, 3.8) is 0 Å². The van der Waals surface area contributed by atoms with Crippen molar-refractivity contribution in [3.8, 4) is 0 Å². The van der Waals surface area contributed by atoms with Gasteiger partial charge in [0.05, 0.1) is 6.42 Å². The molecule has 102 valence electrons. The second kappa shape index (κ2) is 5.03. The molecule has 0 fully saturated rings. The summed E-state index contributed by atoms with van der Waals surface area (Å²) in [6.45, 7) is 6.06. The average molecular weight is 261 g/mol. The molecule has 1 atom stereocenters. The van der Waals surface area contributed by atoms with Crippen molar-refractivity contribution >= 4 is 17.6 Å². The number of anilines is 1. The minimum absolute atomic E-state index is 0.00435. The van der Waals surface area contributed by atoms with Crippen LogP contribution in [0.2, 0.25) is 0 Å². The van der Waals surface area contributed by atoms with E-state index < -0.39 is 5.97 Å². The monoisotopic (exact) mass is 261 g/mol. The van der Waals surface area contributed by atoms with E-state index in [9.17, 15) is 9.59 Å². The summed E-state index contributed by atoms with van der Waals surface area (Å²) in [7, 11) is 0. The highest BCUT2D eigenvalue weighted by molar-refractivity contribution is 5.93. The predicted molar refractivity (Wildman–Crippen MR) is 73.4 cm³/mol. The SMILES string of the molecule is CC(=O)N1CC(CC(=O)O)Cc2c(C)cc(C)cc21. The molecule has 0 bridgehead atoms. The van der Waals surface area contributed by atoms with Crippen LogP contribution in [-0.4, -0.2) is 23.5 Å². The number of amides is 1. The Labute approximate surface area is 113 Å². The van der Waals surface area contributed by atoms with Gasteiger partial charge in [-0.05, 0) is 48.9 Å². The summed E-state index contributed by atoms with van der Waals surface area (Å²) in [5.41, 5.74) is 4.32. The Morgan fingerprint density at radius 3 is 2.63 bits per heavy atom. The number of carbonyl (C=O) groups is 2. The lowest BCUT2D eigenvalue weighted by atomic mass is 9.87. The van der Waals surface area contributed by atoms with Gasteiger partial charge in [-0.1, -0.05) is 6.07 Å². The molecule has 4 heteroatoms. The van der Waals surface area contributed by atoms with E-state index >= 15 is 0 Å². The minimum Gasteiger partial charge on any atom is -0.481 e. The first-order valence-electron chi connectivity index (χ1n) is 6.48. The first kappa shape index (κ1) is 13.6. The first-order chi connectivity index (χ1) is 8.88. The normalized spacial score (nSPS) is 18.1. The molecular formula is C15H19NO3. The fraction of sp³-hybridized carbons (Fsp3) is 0.467. The lowest BCUT2D eigenvalue weighted by molar-refractivity contribution is -0.138. The van der Waals surface area contributed by atoms with E-state index in [2.05, 4.69) is 6.07 Å². The fourth-order valence-corrected chi connectivity index (χ4v) is 2.87. The molecule has 2 rings (SSSR count). The third-order valence-electron chi connectivity index (χ3n) is 3.66. The molecule has 4 nitrogen and oxygen atoms in total. The van der Waals surface area contributed by atoms with Gasteiger partial charge >= 0.3 is 5.97 Å². The summed E-state index contributed by atoms with van der Waals surface area (Å²) >= 11 is 0. The largest absolute Gasteiger partial charge is 0.481 e. The summed E-state index contributed by atoms with van der Waals surface area (Å²) in [4.78, 5) is 24.4. The van der Waals surface area contributed by atoms with Gasteiger partial charge in [-0.25, -0.2) is 0 Å². The van der Waals surface area contributed by atoms with Crippen LogP contribution in [0.15, 0.2) is 12.1 Å². The number of hydrogen-bond acceptors (Lipinski definition) is 2. The Morgan fingerprint density at radius 2 is 2.05 bits per heavy atom. The van der Waals surface area contributed by atoms with Crippen LogP contribution in [0.1, 0.15) is 30.0 Å². The lowest BCUT2D eigenvalue weighted by Gasteiger charge is -2.34. The zero-order valence-corrected chi connectivity index (χ0v) is 11.6. The number of aryl methyl sites for hydroxylation is 2. The van der Waals surface area contributed by atoms with Crippen molar-refractivity contribution in [2.45, 2.75) is 33.6 Å². The number of fused-ring (bicyclic) bond motifs is 1. The first-order valence-corrected chi connectivity index (χ1v) is 6.48. The Kier molecular flexibility index (Phi) is 3.60. The van der Waals surface area contributed by atoms with E-state index in [0.717, 1.165) is 28.8 Å². The van der Waals surface area contributed by atoms with Crippen LogP contribution < -0.4 is 4.90 Å². The van der Waals surface area contributed by atoms with E-state index in [1.165, 1.54) is 6.92 Å². The van der Waals surface area contributed by atoms with Crippen molar-refractivity contribution in [3.05, 3.63) is 28.8 Å². The van der Waals surface area contributed by atoms with E-state index in [1.54, 1.807) is 4.90 Å². The topological polar surface area (TPSA) is 57.6 Å². The molecule has 0 radical (unpaired) electrons. The molecule has 1 N–H and O–H groups in total. The maximum atomic E-state index is 11.8. The van der Waals surface area contributed by atoms with E-state index in [0.29, 0.717) is 6.54 Å². The summed E-state index contributed by atoms with van der Waals surface area (Å²) < 4.78 is 0. The van der Waals surface area contributed by atoms with Crippen LogP contribution >= 0.6 is 0 Å². The van der Waals surface area contributed by atoms with Gasteiger partial charge in [-0.3, -0.25) is 9.59 Å². The second-order valence-corrected chi connectivity index (χ2v) is 5.38. The number of benzene rings is 1. The van der Waals surface area contributed by atoms with Crippen LogP contribution in [0.5, 0.6) is 0 Å². The third-order valence-corrected chi connectivity index (χ3v) is 3.66. The summed E-state index contributed by atoms with van der Waals surface area (Å²) in [5.74, 6) is -0.835. The van der Waals surface area contributed by atoms with Crippen molar-refractivity contribution in [1.29, 1.82) is 0 Å². The highest BCUT2D eigenvalue weighted by Gasteiger charge is 2.29. The maximum Gasteiger partial charge on any atom is 0.303 e. The van der Waals surface area contributed by atoms with Crippen LogP contribution in [0.3, 0.4) is 0 Å². The van der Waals surface area contributed by atoms with Crippen molar-refractivity contribution < 1.29 is 14.7 Å². The zero-order chi connectivity index (χ0) is 14.2. The number of carboxylic acids is 1. The molecule has 0 saturated heterocycles. The van der Waals surface area contributed by atoms with E-state index in [4.69, 9.17) is 5.11 Å². The van der Waals surface area contributed by atoms with Gasteiger partial charge in [-0.15, -0.1) is 0 Å². The number of nitrogens with zero attached hydrogens (tertiary/aromatic N) is 1. The average Bonchev–Trinajstić information content (AvgIpc) is 2.28. The number of hydrogen-bond donors (Lipinski definition) is 1. The van der Waals surface area contributed by atoms with Crippen LogP contribution in [0.25, 0.3) is 0 Å². The smallest absolute Gasteiger partial charge is 0.303 e. The molecule has 1 aromatic carbocycles. The Bertz CT molecular complexity index is 536. The van der Waals surface area contributed by atoms with Crippen molar-refractivity contribution in [1.82, 2.24) is 0 Å². The van der Waals surface area contributed by atoms with E-state index in [-0.39, 0.29) is 18.2 Å². The van der Waals surface area contributed by atoms with Gasteiger partial charge in [0.15, 0.2) is 0 Å². The Morgan fingerprint density at radius 1 is 1.37 bits per heavy atom. The molecule has 0 aromatic heterocycles. The van der Waals surface area contributed by atoms with Gasteiger partial charge in [0.1, 0.15) is 0 Å².